The number of likely N-dealkylation sites (tertiary alicyclic amines) is 1. The van der Waals surface area contributed by atoms with Crippen molar-refractivity contribution in [2.45, 2.75) is 17.7 Å². The van der Waals surface area contributed by atoms with Gasteiger partial charge in [0.2, 0.25) is 0 Å². The lowest BCUT2D eigenvalue weighted by Gasteiger charge is -2.33. The zero-order valence-electron chi connectivity index (χ0n) is 12.1. The van der Waals surface area contributed by atoms with Crippen LogP contribution in [0.2, 0.25) is 0 Å². The molecule has 112 valence electrons. The van der Waals surface area contributed by atoms with Crippen LogP contribution in [-0.4, -0.2) is 43.7 Å². The predicted octanol–water partition coefficient (Wildman–Crippen LogP) is 2.90. The average Bonchev–Trinajstić information content (AvgIpc) is 2.47. The van der Waals surface area contributed by atoms with Crippen molar-refractivity contribution in [2.75, 3.05) is 32.9 Å². The fourth-order valence-electron chi connectivity index (χ4n) is 2.70. The normalized spacial score (nSPS) is 18.5. The van der Waals surface area contributed by atoms with Gasteiger partial charge >= 0.3 is 0 Å². The van der Waals surface area contributed by atoms with E-state index in [0.717, 1.165) is 36.5 Å². The van der Waals surface area contributed by atoms with Gasteiger partial charge in [-0.05, 0) is 50.7 Å². The van der Waals surface area contributed by atoms with Crippen molar-refractivity contribution in [3.8, 4) is 0 Å². The lowest BCUT2D eigenvalue weighted by Crippen LogP contribution is -2.42. The van der Waals surface area contributed by atoms with Gasteiger partial charge in [0.15, 0.2) is 0 Å². The highest BCUT2D eigenvalue weighted by atomic mass is 35.5. The minimum absolute atomic E-state index is 0. The number of rotatable bonds is 4. The van der Waals surface area contributed by atoms with Gasteiger partial charge in [0.05, 0.1) is 5.56 Å². The van der Waals surface area contributed by atoms with Gasteiger partial charge < -0.3 is 10.2 Å². The third kappa shape index (κ3) is 4.14. The number of carbonyl (C=O) groups is 1. The summed E-state index contributed by atoms with van der Waals surface area (Å²) in [4.78, 5) is 15.7. The third-order valence-corrected chi connectivity index (χ3v) is 4.43. The molecule has 1 aliphatic rings. The predicted molar refractivity (Wildman–Crippen MR) is 88.0 cm³/mol. The molecular formula is C15H23ClN2OS. The molecule has 1 aromatic rings. The minimum atomic E-state index is 0. The Labute approximate surface area is 131 Å². The summed E-state index contributed by atoms with van der Waals surface area (Å²) in [5, 5.41) is 3.22. The molecule has 1 saturated heterocycles. The van der Waals surface area contributed by atoms with Crippen molar-refractivity contribution >= 4 is 30.1 Å². The van der Waals surface area contributed by atoms with Crippen molar-refractivity contribution in [3.05, 3.63) is 29.8 Å². The Hall–Kier alpha value is -0.710. The zero-order chi connectivity index (χ0) is 13.7. The van der Waals surface area contributed by atoms with Crippen LogP contribution in [0.15, 0.2) is 29.2 Å². The molecule has 1 amide bonds. The maximum atomic E-state index is 12.6. The van der Waals surface area contributed by atoms with Gasteiger partial charge in [-0.3, -0.25) is 4.79 Å². The highest BCUT2D eigenvalue weighted by molar-refractivity contribution is 7.98. The second-order valence-electron chi connectivity index (χ2n) is 5.02. The SMILES string of the molecule is CNCC1CCCN(C(=O)c2ccccc2SC)C1.Cl. The third-order valence-electron chi connectivity index (χ3n) is 3.64. The van der Waals surface area contributed by atoms with Gasteiger partial charge in [-0.25, -0.2) is 0 Å². The summed E-state index contributed by atoms with van der Waals surface area (Å²) in [5.74, 6) is 0.773. The highest BCUT2D eigenvalue weighted by Gasteiger charge is 2.25. The van der Waals surface area contributed by atoms with Crippen LogP contribution in [0, 0.1) is 5.92 Å². The van der Waals surface area contributed by atoms with Crippen LogP contribution in [-0.2, 0) is 0 Å². The maximum absolute atomic E-state index is 12.6. The summed E-state index contributed by atoms with van der Waals surface area (Å²) in [7, 11) is 1.98. The number of hydrogen-bond donors (Lipinski definition) is 1. The molecule has 1 atom stereocenters. The van der Waals surface area contributed by atoms with E-state index in [9.17, 15) is 4.79 Å². The van der Waals surface area contributed by atoms with E-state index in [1.165, 1.54) is 6.42 Å². The smallest absolute Gasteiger partial charge is 0.254 e. The van der Waals surface area contributed by atoms with Crippen LogP contribution < -0.4 is 5.32 Å². The quantitative estimate of drug-likeness (QED) is 0.867. The molecule has 0 aromatic heterocycles. The van der Waals surface area contributed by atoms with E-state index >= 15 is 0 Å². The number of nitrogens with zero attached hydrogens (tertiary/aromatic N) is 1. The fraction of sp³-hybridized carbons (Fsp3) is 0.533. The van der Waals surface area contributed by atoms with Crippen molar-refractivity contribution in [1.82, 2.24) is 10.2 Å². The first kappa shape index (κ1) is 17.3. The van der Waals surface area contributed by atoms with Gasteiger partial charge in [-0.15, -0.1) is 24.2 Å². The standard InChI is InChI=1S/C15H22N2OS.ClH/c1-16-10-12-6-5-9-17(11-12)15(18)13-7-3-4-8-14(13)19-2;/h3-4,7-8,12,16H,5-6,9-11H2,1-2H3;1H. The first-order chi connectivity index (χ1) is 9.26. The highest BCUT2D eigenvalue weighted by Crippen LogP contribution is 2.24. The first-order valence-corrected chi connectivity index (χ1v) is 8.05. The number of piperidine rings is 1. The van der Waals surface area contributed by atoms with Crippen LogP contribution in [0.5, 0.6) is 0 Å². The topological polar surface area (TPSA) is 32.3 Å². The van der Waals surface area contributed by atoms with Gasteiger partial charge in [-0.2, -0.15) is 0 Å². The molecule has 5 heteroatoms. The molecule has 1 aliphatic heterocycles. The summed E-state index contributed by atoms with van der Waals surface area (Å²) >= 11 is 1.64. The molecule has 0 bridgehead atoms. The van der Waals surface area contributed by atoms with E-state index in [4.69, 9.17) is 0 Å². The van der Waals surface area contributed by atoms with Crippen molar-refractivity contribution in [3.63, 3.8) is 0 Å². The number of benzene rings is 1. The van der Waals surface area contributed by atoms with E-state index in [1.807, 2.05) is 42.5 Å². The van der Waals surface area contributed by atoms with E-state index in [2.05, 4.69) is 5.32 Å². The number of hydrogen-bond acceptors (Lipinski definition) is 3. The molecule has 1 unspecified atom stereocenters. The molecule has 0 spiro atoms. The molecule has 1 fully saturated rings. The molecule has 1 N–H and O–H groups in total. The Bertz CT molecular complexity index is 440. The van der Waals surface area contributed by atoms with Crippen LogP contribution >= 0.6 is 24.2 Å². The largest absolute Gasteiger partial charge is 0.338 e. The number of amides is 1. The van der Waals surface area contributed by atoms with Crippen molar-refractivity contribution in [1.29, 1.82) is 0 Å². The minimum Gasteiger partial charge on any atom is -0.338 e. The maximum Gasteiger partial charge on any atom is 0.254 e. The van der Waals surface area contributed by atoms with Crippen molar-refractivity contribution < 1.29 is 4.79 Å². The average molecular weight is 315 g/mol. The summed E-state index contributed by atoms with van der Waals surface area (Å²) in [5.41, 5.74) is 0.847. The van der Waals surface area contributed by atoms with E-state index in [0.29, 0.717) is 5.92 Å². The molecule has 1 aromatic carbocycles. The first-order valence-electron chi connectivity index (χ1n) is 6.83. The second kappa shape index (κ2) is 8.55. The van der Waals surface area contributed by atoms with Crippen LogP contribution in [0.1, 0.15) is 23.2 Å². The Morgan fingerprint density at radius 3 is 2.90 bits per heavy atom. The van der Waals surface area contributed by atoms with Gasteiger partial charge in [0.1, 0.15) is 0 Å². The fourth-order valence-corrected chi connectivity index (χ4v) is 3.29. The van der Waals surface area contributed by atoms with Crippen LogP contribution in [0.3, 0.4) is 0 Å². The molecular weight excluding hydrogens is 292 g/mol. The van der Waals surface area contributed by atoms with Gasteiger partial charge in [-0.1, -0.05) is 12.1 Å². The molecule has 20 heavy (non-hydrogen) atoms. The summed E-state index contributed by atoms with van der Waals surface area (Å²) < 4.78 is 0. The Kier molecular flexibility index (Phi) is 7.41. The molecule has 0 radical (unpaired) electrons. The molecule has 0 aliphatic carbocycles. The summed E-state index contributed by atoms with van der Waals surface area (Å²) in [6, 6.07) is 7.90. The lowest BCUT2D eigenvalue weighted by atomic mass is 9.97. The summed E-state index contributed by atoms with van der Waals surface area (Å²) in [6.45, 7) is 2.76. The number of nitrogens with one attached hydrogen (secondary N) is 1. The van der Waals surface area contributed by atoms with Crippen LogP contribution in [0.4, 0.5) is 0 Å². The second-order valence-corrected chi connectivity index (χ2v) is 5.87. The molecule has 0 saturated carbocycles. The monoisotopic (exact) mass is 314 g/mol. The number of halogens is 1. The van der Waals surface area contributed by atoms with E-state index < -0.39 is 0 Å². The Morgan fingerprint density at radius 2 is 2.20 bits per heavy atom. The Morgan fingerprint density at radius 1 is 1.45 bits per heavy atom. The van der Waals surface area contributed by atoms with Crippen LogP contribution in [0.25, 0.3) is 0 Å². The van der Waals surface area contributed by atoms with Gasteiger partial charge in [0.25, 0.3) is 5.91 Å². The summed E-state index contributed by atoms with van der Waals surface area (Å²) in [6.07, 6.45) is 4.35. The Balaban J connectivity index is 0.00000200. The van der Waals surface area contributed by atoms with E-state index in [-0.39, 0.29) is 18.3 Å². The molecule has 1 heterocycles. The van der Waals surface area contributed by atoms with Crippen molar-refractivity contribution in [2.24, 2.45) is 5.92 Å². The molecule has 2 rings (SSSR count). The lowest BCUT2D eigenvalue weighted by molar-refractivity contribution is 0.0671. The zero-order valence-corrected chi connectivity index (χ0v) is 13.7. The van der Waals surface area contributed by atoms with E-state index in [1.54, 1.807) is 11.8 Å². The number of carbonyl (C=O) groups excluding carboxylic acids is 1. The van der Waals surface area contributed by atoms with Gasteiger partial charge in [0, 0.05) is 18.0 Å². The number of thioether (sulfide) groups is 1. The molecule has 3 nitrogen and oxygen atoms in total.